The molecule has 0 aliphatic heterocycles. The standard InChI is InChI=1S/C22H22N4O4/c1-22(2)10-16-13(17(27)11-22)8-14(20(28)23-16)21(29)24-19-9-15(25-26-19)12-6-4-5-7-18(12)30-3/h4-9H,10-11H2,1-3H3,(H,23,28)(H2,24,25,26,29). The Morgan fingerprint density at radius 2 is 1.90 bits per heavy atom. The third-order valence-electron chi connectivity index (χ3n) is 5.18. The molecule has 0 unspecified atom stereocenters. The van der Waals surface area contributed by atoms with Crippen molar-refractivity contribution < 1.29 is 14.3 Å². The number of methoxy groups -OCH3 is 1. The van der Waals surface area contributed by atoms with Gasteiger partial charge < -0.3 is 15.0 Å². The van der Waals surface area contributed by atoms with E-state index in [1.807, 2.05) is 38.1 Å². The number of ketones is 1. The number of ether oxygens (including phenoxy) is 1. The summed E-state index contributed by atoms with van der Waals surface area (Å²) in [6, 6.07) is 10.4. The Labute approximate surface area is 172 Å². The van der Waals surface area contributed by atoms with Crippen molar-refractivity contribution in [3.05, 3.63) is 63.6 Å². The number of aromatic amines is 2. The number of Topliss-reactive ketones (excluding diaryl/α,β-unsaturated/α-hetero) is 1. The molecule has 3 N–H and O–H groups in total. The van der Waals surface area contributed by atoms with Gasteiger partial charge in [0.05, 0.1) is 12.8 Å². The van der Waals surface area contributed by atoms with Crippen LogP contribution in [-0.4, -0.2) is 34.0 Å². The lowest BCUT2D eigenvalue weighted by atomic mass is 9.75. The van der Waals surface area contributed by atoms with E-state index in [-0.39, 0.29) is 22.6 Å². The molecular formula is C22H22N4O4. The van der Waals surface area contributed by atoms with E-state index >= 15 is 0 Å². The van der Waals surface area contributed by atoms with Crippen molar-refractivity contribution in [1.82, 2.24) is 15.2 Å². The molecule has 1 amide bonds. The maximum Gasteiger partial charge on any atom is 0.262 e. The predicted molar refractivity (Wildman–Crippen MR) is 112 cm³/mol. The number of H-pyrrole nitrogens is 2. The van der Waals surface area contributed by atoms with Crippen molar-refractivity contribution in [2.45, 2.75) is 26.7 Å². The van der Waals surface area contributed by atoms with Crippen LogP contribution in [0.1, 0.15) is 46.7 Å². The number of amides is 1. The number of nitrogens with one attached hydrogen (secondary N) is 3. The summed E-state index contributed by atoms with van der Waals surface area (Å²) >= 11 is 0. The molecule has 1 aliphatic rings. The molecule has 0 saturated carbocycles. The first-order valence-corrected chi connectivity index (χ1v) is 9.57. The van der Waals surface area contributed by atoms with E-state index in [0.29, 0.717) is 35.5 Å². The van der Waals surface area contributed by atoms with Crippen LogP contribution >= 0.6 is 0 Å². The second kappa shape index (κ2) is 7.29. The Bertz CT molecular complexity index is 1210. The topological polar surface area (TPSA) is 117 Å². The van der Waals surface area contributed by atoms with E-state index in [2.05, 4.69) is 20.5 Å². The normalized spacial score (nSPS) is 14.8. The fourth-order valence-corrected chi connectivity index (χ4v) is 3.77. The van der Waals surface area contributed by atoms with Crippen molar-refractivity contribution in [2.75, 3.05) is 12.4 Å². The molecule has 4 rings (SSSR count). The quantitative estimate of drug-likeness (QED) is 0.615. The Morgan fingerprint density at radius 1 is 1.13 bits per heavy atom. The van der Waals surface area contributed by atoms with E-state index < -0.39 is 11.5 Å². The van der Waals surface area contributed by atoms with E-state index in [0.717, 1.165) is 5.56 Å². The van der Waals surface area contributed by atoms with E-state index in [1.165, 1.54) is 6.07 Å². The van der Waals surface area contributed by atoms with Crippen LogP contribution in [0.25, 0.3) is 11.3 Å². The molecule has 2 heterocycles. The molecule has 1 aromatic carbocycles. The van der Waals surface area contributed by atoms with E-state index in [9.17, 15) is 14.4 Å². The Balaban J connectivity index is 1.60. The summed E-state index contributed by atoms with van der Waals surface area (Å²) in [4.78, 5) is 40.4. The Hall–Kier alpha value is -3.68. The third-order valence-corrected chi connectivity index (χ3v) is 5.18. The van der Waals surface area contributed by atoms with Gasteiger partial charge in [-0.1, -0.05) is 26.0 Å². The molecule has 0 atom stereocenters. The largest absolute Gasteiger partial charge is 0.496 e. The van der Waals surface area contributed by atoms with Gasteiger partial charge in [0.25, 0.3) is 11.5 Å². The fourth-order valence-electron chi connectivity index (χ4n) is 3.77. The average Bonchev–Trinajstić information content (AvgIpc) is 3.14. The van der Waals surface area contributed by atoms with Crippen molar-refractivity contribution in [3.8, 4) is 17.0 Å². The van der Waals surface area contributed by atoms with Crippen LogP contribution < -0.4 is 15.6 Å². The number of carbonyl (C=O) groups excluding carboxylic acids is 2. The van der Waals surface area contributed by atoms with Gasteiger partial charge in [-0.05, 0) is 30.0 Å². The molecule has 0 saturated heterocycles. The minimum atomic E-state index is -0.630. The summed E-state index contributed by atoms with van der Waals surface area (Å²) in [6.45, 7) is 3.95. The zero-order valence-corrected chi connectivity index (χ0v) is 17.0. The van der Waals surface area contributed by atoms with Gasteiger partial charge in [0.15, 0.2) is 11.6 Å². The van der Waals surface area contributed by atoms with Gasteiger partial charge in [-0.2, -0.15) is 5.10 Å². The number of carbonyl (C=O) groups is 2. The molecule has 1 aliphatic carbocycles. The van der Waals surface area contributed by atoms with Crippen LogP contribution in [0, 0.1) is 5.41 Å². The summed E-state index contributed by atoms with van der Waals surface area (Å²) in [5.74, 6) is 0.205. The van der Waals surface area contributed by atoms with Crippen LogP contribution in [-0.2, 0) is 6.42 Å². The number of pyridine rings is 1. The molecule has 0 fully saturated rings. The lowest BCUT2D eigenvalue weighted by Gasteiger charge is -2.29. The smallest absolute Gasteiger partial charge is 0.262 e. The van der Waals surface area contributed by atoms with Crippen molar-refractivity contribution >= 4 is 17.5 Å². The van der Waals surface area contributed by atoms with Crippen molar-refractivity contribution in [2.24, 2.45) is 5.41 Å². The molecule has 0 spiro atoms. The second-order valence-electron chi connectivity index (χ2n) is 8.17. The highest BCUT2D eigenvalue weighted by molar-refractivity contribution is 6.06. The monoisotopic (exact) mass is 406 g/mol. The van der Waals surface area contributed by atoms with Crippen LogP contribution in [0.3, 0.4) is 0 Å². The first-order chi connectivity index (χ1) is 14.3. The maximum absolute atomic E-state index is 12.7. The lowest BCUT2D eigenvalue weighted by Crippen LogP contribution is -2.32. The van der Waals surface area contributed by atoms with E-state index in [4.69, 9.17) is 4.74 Å². The number of benzene rings is 1. The molecule has 8 nitrogen and oxygen atoms in total. The maximum atomic E-state index is 12.7. The lowest BCUT2D eigenvalue weighted by molar-refractivity contribution is 0.0910. The number of nitrogens with zero attached hydrogens (tertiary/aromatic N) is 1. The molecule has 3 aromatic rings. The number of hydrogen-bond donors (Lipinski definition) is 3. The number of fused-ring (bicyclic) bond motifs is 1. The molecule has 30 heavy (non-hydrogen) atoms. The van der Waals surface area contributed by atoms with E-state index in [1.54, 1.807) is 13.2 Å². The minimum absolute atomic E-state index is 0.0789. The number of para-hydroxylation sites is 1. The van der Waals surface area contributed by atoms with Crippen molar-refractivity contribution in [1.29, 1.82) is 0 Å². The fraction of sp³-hybridized carbons (Fsp3) is 0.273. The summed E-state index contributed by atoms with van der Waals surface area (Å²) in [5, 5.41) is 9.55. The molecule has 2 aromatic heterocycles. The Morgan fingerprint density at radius 3 is 2.67 bits per heavy atom. The highest BCUT2D eigenvalue weighted by Crippen LogP contribution is 2.33. The zero-order valence-electron chi connectivity index (χ0n) is 17.0. The highest BCUT2D eigenvalue weighted by Gasteiger charge is 2.32. The van der Waals surface area contributed by atoms with Gasteiger partial charge in [-0.25, -0.2) is 0 Å². The van der Waals surface area contributed by atoms with Crippen LogP contribution in [0.4, 0.5) is 5.82 Å². The summed E-state index contributed by atoms with van der Waals surface area (Å²) in [5.41, 5.74) is 1.54. The van der Waals surface area contributed by atoms with Gasteiger partial charge >= 0.3 is 0 Å². The number of hydrogen-bond acceptors (Lipinski definition) is 5. The molecule has 154 valence electrons. The zero-order chi connectivity index (χ0) is 21.5. The molecule has 8 heteroatoms. The average molecular weight is 406 g/mol. The van der Waals surface area contributed by atoms with Gasteiger partial charge in [0, 0.05) is 29.3 Å². The third kappa shape index (κ3) is 3.63. The predicted octanol–water partition coefficient (Wildman–Crippen LogP) is 3.18. The van der Waals surface area contributed by atoms with Crippen LogP contribution in [0.15, 0.2) is 41.2 Å². The van der Waals surface area contributed by atoms with Crippen molar-refractivity contribution in [3.63, 3.8) is 0 Å². The number of rotatable bonds is 4. The van der Waals surface area contributed by atoms with Gasteiger partial charge in [-0.3, -0.25) is 19.5 Å². The van der Waals surface area contributed by atoms with Crippen LogP contribution in [0.5, 0.6) is 5.75 Å². The summed E-state index contributed by atoms with van der Waals surface area (Å²) < 4.78 is 5.34. The van der Waals surface area contributed by atoms with Gasteiger partial charge in [-0.15, -0.1) is 0 Å². The number of aromatic nitrogens is 3. The van der Waals surface area contributed by atoms with Gasteiger partial charge in [0.1, 0.15) is 11.3 Å². The second-order valence-corrected chi connectivity index (χ2v) is 8.17. The highest BCUT2D eigenvalue weighted by atomic mass is 16.5. The summed E-state index contributed by atoms with van der Waals surface area (Å²) in [6.07, 6.45) is 0.946. The first-order valence-electron chi connectivity index (χ1n) is 9.57. The van der Waals surface area contributed by atoms with Gasteiger partial charge in [0.2, 0.25) is 0 Å². The van der Waals surface area contributed by atoms with Crippen LogP contribution in [0.2, 0.25) is 0 Å². The SMILES string of the molecule is COc1ccccc1-c1cc(NC(=O)c2cc3c([nH]c2=O)CC(C)(C)CC3=O)n[nH]1. The number of anilines is 1. The molecule has 0 bridgehead atoms. The minimum Gasteiger partial charge on any atom is -0.496 e. The molecular weight excluding hydrogens is 384 g/mol. The summed E-state index contributed by atoms with van der Waals surface area (Å²) in [7, 11) is 1.57. The first kappa shape index (κ1) is 19.6. The molecule has 0 radical (unpaired) electrons. The Kier molecular flexibility index (Phi) is 4.77.